The van der Waals surface area contributed by atoms with Gasteiger partial charge in [-0.1, -0.05) is 133 Å². The second-order valence-electron chi connectivity index (χ2n) is 14.7. The maximum atomic E-state index is 10.9. The molecule has 0 fully saturated rings. The normalized spacial score (nSPS) is 11.7. The summed E-state index contributed by atoms with van der Waals surface area (Å²) >= 11 is 0. The second-order valence-corrected chi connectivity index (χ2v) is 14.7. The molecule has 0 saturated heterocycles. The first-order valence-corrected chi connectivity index (χ1v) is 19.5. The van der Waals surface area contributed by atoms with Crippen LogP contribution >= 0.6 is 0 Å². The van der Waals surface area contributed by atoms with Crippen molar-refractivity contribution < 1.29 is 4.42 Å². The van der Waals surface area contributed by atoms with Crippen LogP contribution in [0.2, 0.25) is 0 Å². The largest absolute Gasteiger partial charge is 0.455 e. The average Bonchev–Trinajstić information content (AvgIpc) is 3.98. The minimum atomic E-state index is 0.429. The number of para-hydroxylation sites is 4. The van der Waals surface area contributed by atoms with Crippen LogP contribution in [0.4, 0.5) is 0 Å². The van der Waals surface area contributed by atoms with Gasteiger partial charge in [-0.15, -0.1) is 0 Å². The van der Waals surface area contributed by atoms with E-state index in [2.05, 4.69) is 112 Å². The van der Waals surface area contributed by atoms with Crippen molar-refractivity contribution in [3.63, 3.8) is 0 Å². The number of hydrogen-bond acceptors (Lipinski definition) is 5. The number of rotatable bonds is 5. The van der Waals surface area contributed by atoms with Crippen LogP contribution in [0.3, 0.4) is 0 Å². The summed E-state index contributed by atoms with van der Waals surface area (Å²) in [5.74, 6) is 1.50. The Kier molecular flexibility index (Phi) is 7.16. The molecule has 12 aromatic rings. The molecule has 0 aliphatic carbocycles. The number of hydrogen-bond donors (Lipinski definition) is 0. The van der Waals surface area contributed by atoms with Crippen LogP contribution in [0.15, 0.2) is 186 Å². The molecule has 4 heterocycles. The van der Waals surface area contributed by atoms with Gasteiger partial charge in [0.2, 0.25) is 0 Å². The van der Waals surface area contributed by atoms with Crippen molar-refractivity contribution >= 4 is 65.6 Å². The first-order valence-electron chi connectivity index (χ1n) is 19.5. The highest BCUT2D eigenvalue weighted by Gasteiger charge is 2.28. The lowest BCUT2D eigenvalue weighted by Gasteiger charge is -2.14. The molecule has 12 rings (SSSR count). The average molecular weight is 755 g/mol. The zero-order valence-electron chi connectivity index (χ0n) is 31.4. The van der Waals surface area contributed by atoms with E-state index in [0.29, 0.717) is 28.6 Å². The van der Waals surface area contributed by atoms with E-state index < -0.39 is 0 Å². The molecule has 7 nitrogen and oxygen atoms in total. The Morgan fingerprint density at radius 3 is 1.59 bits per heavy atom. The van der Waals surface area contributed by atoms with Gasteiger partial charge in [0.05, 0.1) is 39.1 Å². The lowest BCUT2D eigenvalue weighted by molar-refractivity contribution is 0.673. The minimum absolute atomic E-state index is 0.429. The van der Waals surface area contributed by atoms with Gasteiger partial charge in [-0.3, -0.25) is 0 Å². The quantitative estimate of drug-likeness (QED) is 0.175. The maximum Gasteiger partial charge on any atom is 0.165 e. The molecule has 0 aliphatic rings. The molecule has 274 valence electrons. The predicted octanol–water partition coefficient (Wildman–Crippen LogP) is 12.8. The topological polar surface area (TPSA) is 85.5 Å². The number of benzene rings is 8. The van der Waals surface area contributed by atoms with Crippen molar-refractivity contribution in [3.8, 4) is 51.6 Å². The molecule has 4 aromatic heterocycles. The lowest BCUT2D eigenvalue weighted by Crippen LogP contribution is -2.02. The third-order valence-corrected chi connectivity index (χ3v) is 11.4. The van der Waals surface area contributed by atoms with Crippen LogP contribution in [0.5, 0.6) is 0 Å². The molecule has 0 atom stereocenters. The van der Waals surface area contributed by atoms with Crippen molar-refractivity contribution in [1.82, 2.24) is 24.1 Å². The Bertz CT molecular complexity index is 3610. The summed E-state index contributed by atoms with van der Waals surface area (Å²) in [7, 11) is 0. The van der Waals surface area contributed by atoms with E-state index in [-0.39, 0.29) is 0 Å². The van der Waals surface area contributed by atoms with E-state index in [1.165, 1.54) is 0 Å². The Labute approximate surface area is 337 Å². The van der Waals surface area contributed by atoms with E-state index in [0.717, 1.165) is 88.1 Å². The standard InChI is InChI=1S/C52H30N6O/c53-31-34-30-36(28-29-37(34)52-55-50(32-16-4-1-5-17-32)54-51(56-52)33-18-6-2-7-19-33)58-42-26-14-11-23-39(42)46-48(58)47-44(45-40-24-12-15-27-43(40)59-49(45)46)38-22-10-13-25-41(38)57(47)35-20-8-3-9-21-35/h1-30H. The minimum Gasteiger partial charge on any atom is -0.455 e. The summed E-state index contributed by atoms with van der Waals surface area (Å²) in [5.41, 5.74) is 10.5. The Morgan fingerprint density at radius 2 is 0.949 bits per heavy atom. The number of fused-ring (bicyclic) bond motifs is 12. The molecule has 7 heteroatoms. The number of furan rings is 1. The first-order chi connectivity index (χ1) is 29.2. The van der Waals surface area contributed by atoms with E-state index in [4.69, 9.17) is 19.4 Å². The molecule has 59 heavy (non-hydrogen) atoms. The Hall–Kier alpha value is -8.34. The summed E-state index contributed by atoms with van der Waals surface area (Å²) in [6.45, 7) is 0. The molecular formula is C52H30N6O. The fourth-order valence-corrected chi connectivity index (χ4v) is 8.88. The van der Waals surface area contributed by atoms with Crippen molar-refractivity contribution in [2.45, 2.75) is 0 Å². The molecule has 8 aromatic carbocycles. The van der Waals surface area contributed by atoms with Crippen LogP contribution in [-0.2, 0) is 0 Å². The summed E-state index contributed by atoms with van der Waals surface area (Å²) in [6, 6.07) is 64.2. The lowest BCUT2D eigenvalue weighted by atomic mass is 10.0. The van der Waals surface area contributed by atoms with Crippen LogP contribution in [0.25, 0.3) is 111 Å². The van der Waals surface area contributed by atoms with Crippen LogP contribution in [0, 0.1) is 11.3 Å². The van der Waals surface area contributed by atoms with Gasteiger partial charge >= 0.3 is 0 Å². The van der Waals surface area contributed by atoms with Crippen LogP contribution in [0.1, 0.15) is 5.56 Å². The SMILES string of the molecule is N#Cc1cc(-n2c3ccccc3c3c4oc5ccccc5c4c4c5ccccc5n(-c5ccccc5)c4c32)ccc1-c1nc(-c2ccccc2)nc(-c2ccccc2)n1. The van der Waals surface area contributed by atoms with Crippen molar-refractivity contribution in [2.75, 3.05) is 0 Å². The highest BCUT2D eigenvalue weighted by molar-refractivity contribution is 6.39. The summed E-state index contributed by atoms with van der Waals surface area (Å²) < 4.78 is 11.6. The zero-order chi connectivity index (χ0) is 39.0. The summed E-state index contributed by atoms with van der Waals surface area (Å²) in [4.78, 5) is 14.8. The third-order valence-electron chi connectivity index (χ3n) is 11.4. The molecular weight excluding hydrogens is 725 g/mol. The van der Waals surface area contributed by atoms with Gasteiger partial charge in [0.25, 0.3) is 0 Å². The first kappa shape index (κ1) is 32.9. The van der Waals surface area contributed by atoms with Gasteiger partial charge in [-0.05, 0) is 48.5 Å². The number of aromatic nitrogens is 5. The highest BCUT2D eigenvalue weighted by atomic mass is 16.3. The van der Waals surface area contributed by atoms with Crippen LogP contribution in [-0.4, -0.2) is 24.1 Å². The van der Waals surface area contributed by atoms with Crippen molar-refractivity contribution in [3.05, 3.63) is 188 Å². The van der Waals surface area contributed by atoms with Gasteiger partial charge in [0.1, 0.15) is 11.2 Å². The molecule has 0 unspecified atom stereocenters. The second kappa shape index (κ2) is 12.8. The maximum absolute atomic E-state index is 10.9. The molecule has 0 saturated carbocycles. The zero-order valence-corrected chi connectivity index (χ0v) is 31.4. The van der Waals surface area contributed by atoms with Crippen molar-refractivity contribution in [1.29, 1.82) is 5.26 Å². The summed E-state index contributed by atoms with van der Waals surface area (Å²) in [5, 5.41) is 17.4. The fourth-order valence-electron chi connectivity index (χ4n) is 8.88. The predicted molar refractivity (Wildman–Crippen MR) is 237 cm³/mol. The van der Waals surface area contributed by atoms with Gasteiger partial charge in [0.15, 0.2) is 17.5 Å². The molecule has 0 aliphatic heterocycles. The molecule has 0 N–H and O–H groups in total. The molecule has 0 bridgehead atoms. The van der Waals surface area contributed by atoms with Gasteiger partial charge < -0.3 is 13.6 Å². The van der Waals surface area contributed by atoms with E-state index in [9.17, 15) is 5.26 Å². The van der Waals surface area contributed by atoms with E-state index >= 15 is 0 Å². The Balaban J connectivity index is 1.20. The third kappa shape index (κ3) is 4.90. The van der Waals surface area contributed by atoms with Gasteiger partial charge in [-0.2, -0.15) is 5.26 Å². The smallest absolute Gasteiger partial charge is 0.165 e. The van der Waals surface area contributed by atoms with E-state index in [1.807, 2.05) is 84.9 Å². The summed E-state index contributed by atoms with van der Waals surface area (Å²) in [6.07, 6.45) is 0. The Morgan fingerprint density at radius 1 is 0.441 bits per heavy atom. The highest BCUT2D eigenvalue weighted by Crippen LogP contribution is 2.49. The molecule has 0 radical (unpaired) electrons. The molecule has 0 spiro atoms. The van der Waals surface area contributed by atoms with Crippen LogP contribution < -0.4 is 0 Å². The van der Waals surface area contributed by atoms with Crippen molar-refractivity contribution in [2.24, 2.45) is 0 Å². The number of nitriles is 1. The monoisotopic (exact) mass is 754 g/mol. The van der Waals surface area contributed by atoms with Gasteiger partial charge in [-0.25, -0.2) is 15.0 Å². The fraction of sp³-hybridized carbons (Fsp3) is 0. The molecule has 0 amide bonds. The van der Waals surface area contributed by atoms with E-state index in [1.54, 1.807) is 0 Å². The van der Waals surface area contributed by atoms with Gasteiger partial charge in [0, 0.05) is 55.0 Å². The number of nitrogens with zero attached hydrogens (tertiary/aromatic N) is 6.